The smallest absolute Gasteiger partial charge is 0.176 e. The minimum Gasteiger partial charge on any atom is -0.484 e. The zero-order valence-electron chi connectivity index (χ0n) is 14.0. The first-order valence-corrected chi connectivity index (χ1v) is 7.83. The molecule has 0 atom stereocenters. The van der Waals surface area contributed by atoms with Gasteiger partial charge in [0.05, 0.1) is 18.8 Å². The number of carbonyl (C=O) groups excluding carboxylic acids is 1. The van der Waals surface area contributed by atoms with Crippen molar-refractivity contribution in [2.75, 3.05) is 45.6 Å². The van der Waals surface area contributed by atoms with E-state index in [1.165, 1.54) is 0 Å². The normalized spacial score (nSPS) is 15.9. The van der Waals surface area contributed by atoms with Gasteiger partial charge in [-0.2, -0.15) is 0 Å². The van der Waals surface area contributed by atoms with Gasteiger partial charge >= 0.3 is 0 Å². The number of benzene rings is 1. The fourth-order valence-corrected chi connectivity index (χ4v) is 2.40. The third-order valence-electron chi connectivity index (χ3n) is 3.64. The first-order valence-electron chi connectivity index (χ1n) is 7.83. The van der Waals surface area contributed by atoms with Gasteiger partial charge in [-0.3, -0.25) is 4.79 Å². The SMILES string of the molecule is CN(C)CCCNCC(=O)c1ccc2c(c1)NCC(C)(C)O2. The molecule has 0 spiro atoms. The molecule has 0 bridgehead atoms. The van der Waals surface area contributed by atoms with Crippen molar-refractivity contribution in [3.63, 3.8) is 0 Å². The van der Waals surface area contributed by atoms with Crippen LogP contribution in [-0.2, 0) is 0 Å². The maximum absolute atomic E-state index is 12.2. The van der Waals surface area contributed by atoms with Gasteiger partial charge in [0, 0.05) is 5.56 Å². The van der Waals surface area contributed by atoms with E-state index >= 15 is 0 Å². The van der Waals surface area contributed by atoms with Crippen LogP contribution >= 0.6 is 0 Å². The molecule has 122 valence electrons. The summed E-state index contributed by atoms with van der Waals surface area (Å²) >= 11 is 0. The molecule has 0 unspecified atom stereocenters. The Labute approximate surface area is 133 Å². The highest BCUT2D eigenvalue weighted by Gasteiger charge is 2.26. The highest BCUT2D eigenvalue weighted by atomic mass is 16.5. The van der Waals surface area contributed by atoms with Crippen LogP contribution in [0, 0.1) is 0 Å². The zero-order valence-corrected chi connectivity index (χ0v) is 14.0. The Balaban J connectivity index is 1.86. The van der Waals surface area contributed by atoms with E-state index in [0.29, 0.717) is 6.54 Å². The number of nitrogens with one attached hydrogen (secondary N) is 2. The molecule has 0 aromatic heterocycles. The van der Waals surface area contributed by atoms with Gasteiger partial charge < -0.3 is 20.3 Å². The van der Waals surface area contributed by atoms with E-state index < -0.39 is 0 Å². The molecule has 1 aromatic carbocycles. The predicted octanol–water partition coefficient (Wildman–Crippen LogP) is 1.99. The Kier molecular flexibility index (Phi) is 5.42. The van der Waals surface area contributed by atoms with E-state index in [9.17, 15) is 4.79 Å². The van der Waals surface area contributed by atoms with Crippen LogP contribution in [0.4, 0.5) is 5.69 Å². The first kappa shape index (κ1) is 16.8. The van der Waals surface area contributed by atoms with Crippen LogP contribution in [0.5, 0.6) is 5.75 Å². The second-order valence-electron chi connectivity index (χ2n) is 6.68. The summed E-state index contributed by atoms with van der Waals surface area (Å²) in [6.45, 7) is 7.07. The molecule has 0 fully saturated rings. The van der Waals surface area contributed by atoms with Crippen LogP contribution in [-0.4, -0.2) is 56.6 Å². The predicted molar refractivity (Wildman–Crippen MR) is 90.0 cm³/mol. The van der Waals surface area contributed by atoms with Crippen molar-refractivity contribution in [2.24, 2.45) is 0 Å². The van der Waals surface area contributed by atoms with Gasteiger partial charge in [-0.05, 0) is 65.7 Å². The lowest BCUT2D eigenvalue weighted by molar-refractivity contribution is 0.0990. The summed E-state index contributed by atoms with van der Waals surface area (Å²) in [6.07, 6.45) is 1.04. The Morgan fingerprint density at radius 2 is 2.18 bits per heavy atom. The second kappa shape index (κ2) is 7.11. The highest BCUT2D eigenvalue weighted by Crippen LogP contribution is 2.33. The molecule has 5 nitrogen and oxygen atoms in total. The zero-order chi connectivity index (χ0) is 16.2. The lowest BCUT2D eigenvalue weighted by Gasteiger charge is -2.33. The van der Waals surface area contributed by atoms with Crippen molar-refractivity contribution in [1.82, 2.24) is 10.2 Å². The number of Topliss-reactive ketones (excluding diaryl/α,β-unsaturated/α-hetero) is 1. The number of hydrogen-bond donors (Lipinski definition) is 2. The topological polar surface area (TPSA) is 53.6 Å². The molecular formula is C17H27N3O2. The van der Waals surface area contributed by atoms with E-state index in [4.69, 9.17) is 4.74 Å². The monoisotopic (exact) mass is 305 g/mol. The van der Waals surface area contributed by atoms with Gasteiger partial charge in [0.2, 0.25) is 0 Å². The molecule has 0 aliphatic carbocycles. The van der Waals surface area contributed by atoms with E-state index in [1.807, 2.05) is 32.0 Å². The summed E-state index contributed by atoms with van der Waals surface area (Å²) in [5, 5.41) is 6.54. The average Bonchev–Trinajstić information content (AvgIpc) is 2.45. The van der Waals surface area contributed by atoms with Crippen molar-refractivity contribution in [1.29, 1.82) is 0 Å². The van der Waals surface area contributed by atoms with Crippen LogP contribution in [0.15, 0.2) is 18.2 Å². The van der Waals surface area contributed by atoms with Crippen LogP contribution in [0.2, 0.25) is 0 Å². The summed E-state index contributed by atoms with van der Waals surface area (Å²) in [4.78, 5) is 14.4. The van der Waals surface area contributed by atoms with Crippen molar-refractivity contribution < 1.29 is 9.53 Å². The number of ether oxygens (including phenoxy) is 1. The Bertz CT molecular complexity index is 527. The minimum atomic E-state index is -0.216. The fourth-order valence-electron chi connectivity index (χ4n) is 2.40. The van der Waals surface area contributed by atoms with Gasteiger partial charge in [-0.15, -0.1) is 0 Å². The second-order valence-corrected chi connectivity index (χ2v) is 6.68. The summed E-state index contributed by atoms with van der Waals surface area (Å²) < 4.78 is 5.90. The summed E-state index contributed by atoms with van der Waals surface area (Å²) in [6, 6.07) is 5.60. The van der Waals surface area contributed by atoms with Gasteiger partial charge in [0.1, 0.15) is 11.4 Å². The lowest BCUT2D eigenvalue weighted by Crippen LogP contribution is -2.40. The van der Waals surface area contributed by atoms with E-state index in [-0.39, 0.29) is 11.4 Å². The van der Waals surface area contributed by atoms with Crippen molar-refractivity contribution in [3.05, 3.63) is 23.8 Å². The Morgan fingerprint density at radius 3 is 2.91 bits per heavy atom. The molecular weight excluding hydrogens is 278 g/mol. The molecule has 0 saturated carbocycles. The first-order chi connectivity index (χ1) is 10.4. The van der Waals surface area contributed by atoms with Crippen molar-refractivity contribution >= 4 is 11.5 Å². The molecule has 0 amide bonds. The van der Waals surface area contributed by atoms with E-state index in [2.05, 4.69) is 29.6 Å². The van der Waals surface area contributed by atoms with Crippen molar-refractivity contribution in [2.45, 2.75) is 25.9 Å². The molecule has 0 radical (unpaired) electrons. The summed E-state index contributed by atoms with van der Waals surface area (Å²) in [5.74, 6) is 0.922. The van der Waals surface area contributed by atoms with Gasteiger partial charge in [-0.25, -0.2) is 0 Å². The standard InChI is InChI=1S/C17H27N3O2/c1-17(2)12-19-14-10-13(6-7-16(14)22-17)15(21)11-18-8-5-9-20(3)4/h6-7,10,18-19H,5,8-9,11-12H2,1-4H3. The number of hydrogen-bond acceptors (Lipinski definition) is 5. The lowest BCUT2D eigenvalue weighted by atomic mass is 10.0. The number of anilines is 1. The quantitative estimate of drug-likeness (QED) is 0.596. The molecule has 2 rings (SSSR count). The minimum absolute atomic E-state index is 0.110. The molecule has 2 N–H and O–H groups in total. The maximum Gasteiger partial charge on any atom is 0.176 e. The fraction of sp³-hybridized carbons (Fsp3) is 0.588. The molecule has 1 aliphatic heterocycles. The van der Waals surface area contributed by atoms with E-state index in [0.717, 1.165) is 43.1 Å². The van der Waals surface area contributed by atoms with E-state index in [1.54, 1.807) is 0 Å². The van der Waals surface area contributed by atoms with Crippen LogP contribution in [0.1, 0.15) is 30.6 Å². The van der Waals surface area contributed by atoms with Gasteiger partial charge in [0.15, 0.2) is 5.78 Å². The maximum atomic E-state index is 12.2. The van der Waals surface area contributed by atoms with Gasteiger partial charge in [0.25, 0.3) is 0 Å². The third kappa shape index (κ3) is 4.71. The van der Waals surface area contributed by atoms with Crippen molar-refractivity contribution in [3.8, 4) is 5.75 Å². The number of rotatable bonds is 7. The average molecular weight is 305 g/mol. The number of fused-ring (bicyclic) bond motifs is 1. The Hall–Kier alpha value is -1.59. The molecule has 1 aliphatic rings. The molecule has 1 aromatic rings. The van der Waals surface area contributed by atoms with Crippen LogP contribution in [0.3, 0.4) is 0 Å². The molecule has 22 heavy (non-hydrogen) atoms. The Morgan fingerprint density at radius 1 is 1.41 bits per heavy atom. The summed E-state index contributed by atoms with van der Waals surface area (Å²) in [7, 11) is 4.10. The van der Waals surface area contributed by atoms with Gasteiger partial charge in [-0.1, -0.05) is 0 Å². The van der Waals surface area contributed by atoms with Crippen LogP contribution in [0.25, 0.3) is 0 Å². The molecule has 0 saturated heterocycles. The molecule has 5 heteroatoms. The highest BCUT2D eigenvalue weighted by molar-refractivity contribution is 5.98. The summed E-state index contributed by atoms with van der Waals surface area (Å²) in [5.41, 5.74) is 1.40. The number of carbonyl (C=O) groups is 1. The molecule has 1 heterocycles. The number of ketones is 1. The largest absolute Gasteiger partial charge is 0.484 e. The number of nitrogens with zero attached hydrogens (tertiary/aromatic N) is 1. The third-order valence-corrected chi connectivity index (χ3v) is 3.64. The van der Waals surface area contributed by atoms with Crippen LogP contribution < -0.4 is 15.4 Å².